The van der Waals surface area contributed by atoms with Crippen molar-refractivity contribution < 1.29 is 14.3 Å². The fraction of sp³-hybridized carbons (Fsp3) is 0.100. The molecule has 0 saturated carbocycles. The molecule has 5 heteroatoms. The summed E-state index contributed by atoms with van der Waals surface area (Å²) in [5, 5.41) is 10.1. The highest BCUT2D eigenvalue weighted by Crippen LogP contribution is 2.34. The smallest absolute Gasteiger partial charge is 0.335 e. The first-order chi connectivity index (χ1) is 12.0. The molecule has 1 aliphatic rings. The second kappa shape index (κ2) is 5.90. The number of hydrogen-bond donors (Lipinski definition) is 1. The molecule has 1 aliphatic carbocycles. The van der Waals surface area contributed by atoms with Gasteiger partial charge >= 0.3 is 5.97 Å². The van der Waals surface area contributed by atoms with Gasteiger partial charge in [-0.1, -0.05) is 23.7 Å². The number of aromatic carboxylic acids is 1. The molecule has 0 aliphatic heterocycles. The lowest BCUT2D eigenvalue weighted by Crippen LogP contribution is -2.09. The lowest BCUT2D eigenvalue weighted by molar-refractivity contribution is 0.0697. The van der Waals surface area contributed by atoms with Crippen LogP contribution in [0.1, 0.15) is 33.7 Å². The van der Waals surface area contributed by atoms with Crippen molar-refractivity contribution in [2.45, 2.75) is 12.8 Å². The predicted octanol–water partition coefficient (Wildman–Crippen LogP) is 4.63. The first kappa shape index (κ1) is 15.7. The van der Waals surface area contributed by atoms with Crippen molar-refractivity contribution in [2.24, 2.45) is 0 Å². The zero-order valence-electron chi connectivity index (χ0n) is 13.1. The molecule has 0 spiro atoms. The first-order valence-corrected chi connectivity index (χ1v) is 8.20. The van der Waals surface area contributed by atoms with Crippen LogP contribution in [0.4, 0.5) is 0 Å². The van der Waals surface area contributed by atoms with Crippen molar-refractivity contribution in [1.29, 1.82) is 0 Å². The third-order valence-corrected chi connectivity index (χ3v) is 4.59. The van der Waals surface area contributed by atoms with Gasteiger partial charge in [0.15, 0.2) is 5.43 Å². The molecule has 0 radical (unpaired) electrons. The molecule has 0 amide bonds. The van der Waals surface area contributed by atoms with Gasteiger partial charge < -0.3 is 9.52 Å². The SMILES string of the molecule is O=C(O)c1ccc2oc3c(c(=O)c2c1)CC/C3=C\c1cccc(Cl)c1. The van der Waals surface area contributed by atoms with E-state index in [2.05, 4.69) is 0 Å². The van der Waals surface area contributed by atoms with Crippen LogP contribution >= 0.6 is 11.6 Å². The predicted molar refractivity (Wildman–Crippen MR) is 97.1 cm³/mol. The standard InChI is InChI=1S/C20H13ClO4/c21-14-3-1-2-11(9-14)8-12-4-6-15-18(22)16-10-13(20(23)24)5-7-17(16)25-19(12)15/h1-3,5,7-10H,4,6H2,(H,23,24)/b12-8+. The lowest BCUT2D eigenvalue weighted by atomic mass is 10.1. The Morgan fingerprint density at radius 2 is 2.00 bits per heavy atom. The first-order valence-electron chi connectivity index (χ1n) is 7.82. The third-order valence-electron chi connectivity index (χ3n) is 4.36. The number of benzene rings is 2. The Hall–Kier alpha value is -2.85. The lowest BCUT2D eigenvalue weighted by Gasteiger charge is -2.05. The summed E-state index contributed by atoms with van der Waals surface area (Å²) < 4.78 is 5.94. The van der Waals surface area contributed by atoms with Crippen LogP contribution < -0.4 is 5.43 Å². The van der Waals surface area contributed by atoms with E-state index in [1.165, 1.54) is 18.2 Å². The van der Waals surface area contributed by atoms with Crippen molar-refractivity contribution in [2.75, 3.05) is 0 Å². The fourth-order valence-corrected chi connectivity index (χ4v) is 3.36. The number of carboxylic acid groups (broad SMARTS) is 1. The minimum absolute atomic E-state index is 0.0763. The van der Waals surface area contributed by atoms with Crippen LogP contribution in [-0.4, -0.2) is 11.1 Å². The van der Waals surface area contributed by atoms with Crippen LogP contribution in [0.25, 0.3) is 22.6 Å². The quantitative estimate of drug-likeness (QED) is 0.730. The van der Waals surface area contributed by atoms with E-state index in [1.54, 1.807) is 6.07 Å². The van der Waals surface area contributed by atoms with Gasteiger partial charge in [-0.3, -0.25) is 4.79 Å². The zero-order chi connectivity index (χ0) is 17.6. The van der Waals surface area contributed by atoms with Crippen molar-refractivity contribution in [3.05, 3.63) is 80.2 Å². The van der Waals surface area contributed by atoms with Crippen LogP contribution in [0.5, 0.6) is 0 Å². The van der Waals surface area contributed by atoms with Gasteiger partial charge in [0.1, 0.15) is 11.3 Å². The molecule has 0 fully saturated rings. The molecule has 25 heavy (non-hydrogen) atoms. The Kier molecular flexibility index (Phi) is 3.70. The highest BCUT2D eigenvalue weighted by atomic mass is 35.5. The normalized spacial score (nSPS) is 14.8. The summed E-state index contributed by atoms with van der Waals surface area (Å²) in [6.45, 7) is 0. The number of rotatable bonds is 2. The van der Waals surface area contributed by atoms with E-state index in [4.69, 9.17) is 21.1 Å². The van der Waals surface area contributed by atoms with Gasteiger partial charge in [0.2, 0.25) is 0 Å². The van der Waals surface area contributed by atoms with Gasteiger partial charge in [-0.25, -0.2) is 4.79 Å². The minimum Gasteiger partial charge on any atom is -0.478 e. The molecule has 4 nitrogen and oxygen atoms in total. The van der Waals surface area contributed by atoms with Crippen LogP contribution in [0.2, 0.25) is 5.02 Å². The average Bonchev–Trinajstić information content (AvgIpc) is 2.98. The van der Waals surface area contributed by atoms with E-state index in [9.17, 15) is 9.59 Å². The summed E-state index contributed by atoms with van der Waals surface area (Å²) in [4.78, 5) is 23.9. The van der Waals surface area contributed by atoms with E-state index in [0.717, 1.165) is 11.1 Å². The van der Waals surface area contributed by atoms with Crippen molar-refractivity contribution >= 4 is 40.2 Å². The molecule has 0 atom stereocenters. The molecule has 3 aromatic rings. The molecular weight excluding hydrogens is 340 g/mol. The van der Waals surface area contributed by atoms with Crippen molar-refractivity contribution in [3.8, 4) is 0 Å². The Morgan fingerprint density at radius 3 is 2.76 bits per heavy atom. The molecule has 4 rings (SSSR count). The van der Waals surface area contributed by atoms with E-state index in [0.29, 0.717) is 40.2 Å². The van der Waals surface area contributed by atoms with Crippen molar-refractivity contribution in [1.82, 2.24) is 0 Å². The van der Waals surface area contributed by atoms with E-state index in [1.807, 2.05) is 24.3 Å². The van der Waals surface area contributed by atoms with E-state index in [-0.39, 0.29) is 11.0 Å². The largest absolute Gasteiger partial charge is 0.478 e. The van der Waals surface area contributed by atoms with E-state index < -0.39 is 5.97 Å². The maximum atomic E-state index is 12.7. The number of hydrogen-bond acceptors (Lipinski definition) is 3. The summed E-state index contributed by atoms with van der Waals surface area (Å²) in [5.74, 6) is -0.483. The average molecular weight is 353 g/mol. The van der Waals surface area contributed by atoms with Crippen LogP contribution in [0, 0.1) is 0 Å². The van der Waals surface area contributed by atoms with Gasteiger partial charge in [0.25, 0.3) is 0 Å². The zero-order valence-corrected chi connectivity index (χ0v) is 13.8. The van der Waals surface area contributed by atoms with Gasteiger partial charge in [0, 0.05) is 10.6 Å². The molecule has 1 aromatic heterocycles. The van der Waals surface area contributed by atoms with Gasteiger partial charge in [-0.05, 0) is 60.4 Å². The number of allylic oxidation sites excluding steroid dienone is 1. The Morgan fingerprint density at radius 1 is 1.16 bits per heavy atom. The third kappa shape index (κ3) is 2.75. The Labute approximate surface area is 148 Å². The number of carboxylic acids is 1. The summed E-state index contributed by atoms with van der Waals surface area (Å²) in [7, 11) is 0. The van der Waals surface area contributed by atoms with E-state index >= 15 is 0 Å². The molecule has 124 valence electrons. The van der Waals surface area contributed by atoms with Gasteiger partial charge in [-0.15, -0.1) is 0 Å². The highest BCUT2D eigenvalue weighted by molar-refractivity contribution is 6.30. The second-order valence-electron chi connectivity index (χ2n) is 5.98. The van der Waals surface area contributed by atoms with Crippen LogP contribution in [0.3, 0.4) is 0 Å². The summed E-state index contributed by atoms with van der Waals surface area (Å²) in [6.07, 6.45) is 3.25. The van der Waals surface area contributed by atoms with Crippen molar-refractivity contribution in [3.63, 3.8) is 0 Å². The minimum atomic E-state index is -1.07. The molecule has 0 saturated heterocycles. The Balaban J connectivity index is 1.88. The second-order valence-corrected chi connectivity index (χ2v) is 6.42. The molecule has 0 unspecified atom stereocenters. The Bertz CT molecular complexity index is 1110. The molecule has 1 N–H and O–H groups in total. The fourth-order valence-electron chi connectivity index (χ4n) is 3.16. The maximum Gasteiger partial charge on any atom is 0.335 e. The maximum absolute atomic E-state index is 12.7. The number of halogens is 1. The monoisotopic (exact) mass is 352 g/mol. The molecule has 2 aromatic carbocycles. The summed E-state index contributed by atoms with van der Waals surface area (Å²) in [5.41, 5.74) is 2.80. The summed E-state index contributed by atoms with van der Waals surface area (Å²) in [6, 6.07) is 11.8. The topological polar surface area (TPSA) is 67.5 Å². The van der Waals surface area contributed by atoms with Crippen LogP contribution in [0.15, 0.2) is 51.7 Å². The van der Waals surface area contributed by atoms with Crippen LogP contribution in [-0.2, 0) is 6.42 Å². The number of fused-ring (bicyclic) bond motifs is 2. The van der Waals surface area contributed by atoms with Gasteiger partial charge in [-0.2, -0.15) is 0 Å². The molecule has 0 bridgehead atoms. The number of carbonyl (C=O) groups is 1. The summed E-state index contributed by atoms with van der Waals surface area (Å²) >= 11 is 6.02. The van der Waals surface area contributed by atoms with Gasteiger partial charge in [0.05, 0.1) is 10.9 Å². The molecular formula is C20H13ClO4. The molecule has 1 heterocycles. The highest BCUT2D eigenvalue weighted by Gasteiger charge is 2.24.